The summed E-state index contributed by atoms with van der Waals surface area (Å²) in [5, 5.41) is 12.0. The average Bonchev–Trinajstić information content (AvgIpc) is 3.36. The molecule has 30 heavy (non-hydrogen) atoms. The minimum Gasteiger partial charge on any atom is -0.493 e. The van der Waals surface area contributed by atoms with Gasteiger partial charge in [-0.15, -0.1) is 24.8 Å². The van der Waals surface area contributed by atoms with Gasteiger partial charge in [-0.2, -0.15) is 0 Å². The normalized spacial score (nSPS) is 17.6. The summed E-state index contributed by atoms with van der Waals surface area (Å²) in [6, 6.07) is 10.7. The number of rotatable bonds is 6. The van der Waals surface area contributed by atoms with Gasteiger partial charge in [-0.3, -0.25) is 14.9 Å². The Morgan fingerprint density at radius 1 is 1.30 bits per heavy atom. The van der Waals surface area contributed by atoms with E-state index in [9.17, 15) is 4.79 Å². The molecule has 1 saturated heterocycles. The Balaban J connectivity index is 0.00000160. The molecule has 7 nitrogen and oxygen atoms in total. The molecule has 1 aromatic heterocycles. The molecule has 0 bridgehead atoms. The maximum Gasteiger partial charge on any atom is 0.267 e. The average molecular weight is 453 g/mol. The maximum atomic E-state index is 11.0. The summed E-state index contributed by atoms with van der Waals surface area (Å²) in [6.07, 6.45) is 6.64. The van der Waals surface area contributed by atoms with Gasteiger partial charge in [-0.1, -0.05) is 12.1 Å². The van der Waals surface area contributed by atoms with Crippen LogP contribution in [0.15, 0.2) is 42.6 Å². The molecule has 0 aliphatic carbocycles. The number of benzene rings is 1. The minimum absolute atomic E-state index is 0. The highest BCUT2D eigenvalue weighted by atomic mass is 35.5. The molecule has 9 heteroatoms. The maximum absolute atomic E-state index is 11.0. The number of anilines is 1. The van der Waals surface area contributed by atoms with Gasteiger partial charge in [0.15, 0.2) is 0 Å². The fraction of sp³-hybridized carbons (Fsp3) is 0.333. The van der Waals surface area contributed by atoms with Gasteiger partial charge in [0.1, 0.15) is 11.6 Å². The largest absolute Gasteiger partial charge is 0.493 e. The van der Waals surface area contributed by atoms with Crippen molar-refractivity contribution in [3.63, 3.8) is 0 Å². The van der Waals surface area contributed by atoms with E-state index >= 15 is 0 Å². The van der Waals surface area contributed by atoms with E-state index in [1.54, 1.807) is 17.8 Å². The van der Waals surface area contributed by atoms with E-state index in [1.165, 1.54) is 17.2 Å². The highest BCUT2D eigenvalue weighted by Crippen LogP contribution is 2.27. The van der Waals surface area contributed by atoms with Crippen LogP contribution in [0.3, 0.4) is 0 Å². The summed E-state index contributed by atoms with van der Waals surface area (Å²) < 4.78 is 5.58. The van der Waals surface area contributed by atoms with Crippen molar-refractivity contribution in [1.82, 2.24) is 15.4 Å². The van der Waals surface area contributed by atoms with E-state index < -0.39 is 5.91 Å². The van der Waals surface area contributed by atoms with Gasteiger partial charge in [0.2, 0.25) is 0 Å². The molecule has 1 atom stereocenters. The van der Waals surface area contributed by atoms with Crippen LogP contribution in [-0.2, 0) is 17.8 Å². The number of nitrogens with one attached hydrogen (secondary N) is 2. The number of hydroxylamine groups is 1. The number of fused-ring (bicyclic) bond motifs is 1. The molecular weight excluding hydrogens is 427 g/mol. The standard InChI is InChI=1S/C21H24N4O3.2ClH/c26-21(24-27)6-3-15-2-5-20(22-12-15)23-18-7-9-25(14-18)13-16-1-4-19-17(11-16)8-10-28-19;;/h1-6,11-12,18,27H,7-10,13-14H2,(H,22,23)(H,24,26);2*1H/t18-;;/m1../s1. The number of amides is 1. The van der Waals surface area contributed by atoms with Crippen LogP contribution in [0.1, 0.15) is 23.1 Å². The quantitative estimate of drug-likeness (QED) is 0.354. The molecule has 2 aliphatic rings. The van der Waals surface area contributed by atoms with Gasteiger partial charge in [0, 0.05) is 44.4 Å². The molecule has 0 saturated carbocycles. The molecule has 3 N–H and O–H groups in total. The zero-order valence-corrected chi connectivity index (χ0v) is 18.0. The monoisotopic (exact) mass is 452 g/mol. The third-order valence-corrected chi connectivity index (χ3v) is 5.11. The van der Waals surface area contributed by atoms with Crippen LogP contribution in [-0.4, -0.2) is 46.7 Å². The van der Waals surface area contributed by atoms with Gasteiger partial charge in [-0.25, -0.2) is 10.5 Å². The Hall–Kier alpha value is -2.32. The van der Waals surface area contributed by atoms with Crippen molar-refractivity contribution in [2.24, 2.45) is 0 Å². The second kappa shape index (κ2) is 11.2. The molecule has 3 heterocycles. The lowest BCUT2D eigenvalue weighted by Crippen LogP contribution is -2.26. The fourth-order valence-corrected chi connectivity index (χ4v) is 3.70. The predicted octanol–water partition coefficient (Wildman–Crippen LogP) is 3.07. The Bertz CT molecular complexity index is 877. The van der Waals surface area contributed by atoms with E-state index in [0.717, 1.165) is 56.2 Å². The van der Waals surface area contributed by atoms with Crippen molar-refractivity contribution in [2.75, 3.05) is 25.0 Å². The first-order chi connectivity index (χ1) is 13.7. The van der Waals surface area contributed by atoms with Crippen molar-refractivity contribution in [2.45, 2.75) is 25.4 Å². The number of hydrogen-bond donors (Lipinski definition) is 3. The molecule has 162 valence electrons. The topological polar surface area (TPSA) is 86.7 Å². The molecule has 2 aliphatic heterocycles. The number of nitrogens with zero attached hydrogens (tertiary/aromatic N) is 2. The number of ether oxygens (including phenoxy) is 1. The lowest BCUT2D eigenvalue weighted by molar-refractivity contribution is -0.124. The highest BCUT2D eigenvalue weighted by molar-refractivity contribution is 5.90. The minimum atomic E-state index is -0.566. The lowest BCUT2D eigenvalue weighted by Gasteiger charge is -2.17. The summed E-state index contributed by atoms with van der Waals surface area (Å²) in [5.41, 5.74) is 5.01. The zero-order chi connectivity index (χ0) is 19.3. The molecule has 1 fully saturated rings. The van der Waals surface area contributed by atoms with Crippen LogP contribution in [0.5, 0.6) is 5.75 Å². The Labute approximate surface area is 188 Å². The van der Waals surface area contributed by atoms with Crippen LogP contribution in [0.25, 0.3) is 6.08 Å². The second-order valence-corrected chi connectivity index (χ2v) is 7.19. The van der Waals surface area contributed by atoms with E-state index in [0.29, 0.717) is 6.04 Å². The van der Waals surface area contributed by atoms with Crippen LogP contribution < -0.4 is 15.5 Å². The summed E-state index contributed by atoms with van der Waals surface area (Å²) in [6.45, 7) is 3.79. The summed E-state index contributed by atoms with van der Waals surface area (Å²) >= 11 is 0. The zero-order valence-electron chi connectivity index (χ0n) is 16.4. The summed E-state index contributed by atoms with van der Waals surface area (Å²) in [4.78, 5) is 17.9. The van der Waals surface area contributed by atoms with Crippen molar-refractivity contribution in [1.29, 1.82) is 0 Å². The third-order valence-electron chi connectivity index (χ3n) is 5.11. The summed E-state index contributed by atoms with van der Waals surface area (Å²) in [7, 11) is 0. The number of carbonyl (C=O) groups excluding carboxylic acids is 1. The van der Waals surface area contributed by atoms with Gasteiger partial charge in [0.25, 0.3) is 5.91 Å². The number of carbonyl (C=O) groups is 1. The SMILES string of the molecule is Cl.Cl.O=C(C=Cc1ccc(N[C@@H]2CCN(Cc3ccc4c(c3)CCO4)C2)nc1)NO. The van der Waals surface area contributed by atoms with E-state index in [1.807, 2.05) is 12.1 Å². The van der Waals surface area contributed by atoms with Crippen molar-refractivity contribution in [3.05, 3.63) is 59.3 Å². The van der Waals surface area contributed by atoms with Gasteiger partial charge in [-0.05, 0) is 47.4 Å². The van der Waals surface area contributed by atoms with E-state index in [2.05, 4.69) is 33.4 Å². The van der Waals surface area contributed by atoms with Crippen molar-refractivity contribution < 1.29 is 14.7 Å². The summed E-state index contributed by atoms with van der Waals surface area (Å²) in [5.74, 6) is 1.29. The Morgan fingerprint density at radius 3 is 2.93 bits per heavy atom. The first-order valence-electron chi connectivity index (χ1n) is 9.51. The van der Waals surface area contributed by atoms with Gasteiger partial charge < -0.3 is 10.1 Å². The molecule has 1 amide bonds. The highest BCUT2D eigenvalue weighted by Gasteiger charge is 2.23. The number of aromatic nitrogens is 1. The van der Waals surface area contributed by atoms with Crippen molar-refractivity contribution in [3.8, 4) is 5.75 Å². The van der Waals surface area contributed by atoms with Gasteiger partial charge in [0.05, 0.1) is 6.61 Å². The Morgan fingerprint density at radius 2 is 2.17 bits per heavy atom. The Kier molecular flexibility index (Phi) is 8.92. The molecule has 0 spiro atoms. The molecule has 0 radical (unpaired) electrons. The molecule has 4 rings (SSSR count). The van der Waals surface area contributed by atoms with Gasteiger partial charge >= 0.3 is 0 Å². The number of halogens is 2. The second-order valence-electron chi connectivity index (χ2n) is 7.19. The van der Waals surface area contributed by atoms with Crippen LogP contribution in [0, 0.1) is 0 Å². The van der Waals surface area contributed by atoms with Crippen LogP contribution >= 0.6 is 24.8 Å². The number of likely N-dealkylation sites (tertiary alicyclic amines) is 1. The molecular formula is C21H26Cl2N4O3. The van der Waals surface area contributed by atoms with E-state index in [-0.39, 0.29) is 24.8 Å². The molecule has 0 unspecified atom stereocenters. The molecule has 1 aromatic carbocycles. The van der Waals surface area contributed by atoms with E-state index in [4.69, 9.17) is 9.94 Å². The third kappa shape index (κ3) is 6.09. The van der Waals surface area contributed by atoms with Crippen LogP contribution in [0.2, 0.25) is 0 Å². The van der Waals surface area contributed by atoms with Crippen molar-refractivity contribution >= 4 is 42.6 Å². The number of hydrogen-bond acceptors (Lipinski definition) is 6. The predicted molar refractivity (Wildman–Crippen MR) is 121 cm³/mol. The molecule has 2 aromatic rings. The van der Waals surface area contributed by atoms with Crippen LogP contribution in [0.4, 0.5) is 5.82 Å². The lowest BCUT2D eigenvalue weighted by atomic mass is 10.1. The first-order valence-corrected chi connectivity index (χ1v) is 9.51. The fourth-order valence-electron chi connectivity index (χ4n) is 3.70. The number of pyridine rings is 1. The smallest absolute Gasteiger partial charge is 0.267 e. The first kappa shape index (κ1) is 24.0.